The summed E-state index contributed by atoms with van der Waals surface area (Å²) in [6.07, 6.45) is 4.83. The van der Waals surface area contributed by atoms with Gasteiger partial charge in [0, 0.05) is 0 Å². The quantitative estimate of drug-likeness (QED) is 0.414. The fraction of sp³-hybridized carbons (Fsp3) is 0.133. The number of nitrogens with zero attached hydrogens (tertiary/aromatic N) is 6. The van der Waals surface area contributed by atoms with E-state index in [1.807, 2.05) is 19.1 Å². The molecule has 0 saturated carbocycles. The number of benzene rings is 1. The number of nitrogens with two attached hydrogens (primary N) is 1. The van der Waals surface area contributed by atoms with E-state index in [-0.39, 0.29) is 12.5 Å². The van der Waals surface area contributed by atoms with Crippen LogP contribution in [-0.4, -0.2) is 30.6 Å². The van der Waals surface area contributed by atoms with E-state index in [4.69, 9.17) is 10.5 Å². The van der Waals surface area contributed by atoms with Crippen LogP contribution in [-0.2, 0) is 6.73 Å². The van der Waals surface area contributed by atoms with Crippen LogP contribution in [0, 0.1) is 17.0 Å². The molecular formula is C15H15N7O3. The lowest BCUT2D eigenvalue weighted by Gasteiger charge is -2.04. The molecule has 0 atom stereocenters. The SMILES string of the molecule is Cc1cn(N=Cc2cccc(OCn3ccc([N+](=O)[O-])n3)c2)c(N)n1. The van der Waals surface area contributed by atoms with Crippen LogP contribution in [0.3, 0.4) is 0 Å². The Balaban J connectivity index is 1.66. The number of aryl methyl sites for hydroxylation is 1. The highest BCUT2D eigenvalue weighted by Crippen LogP contribution is 2.14. The van der Waals surface area contributed by atoms with Crippen molar-refractivity contribution < 1.29 is 9.66 Å². The first-order chi connectivity index (χ1) is 12.0. The predicted molar refractivity (Wildman–Crippen MR) is 90.3 cm³/mol. The molecular weight excluding hydrogens is 326 g/mol. The van der Waals surface area contributed by atoms with Crippen molar-refractivity contribution in [1.82, 2.24) is 19.4 Å². The highest BCUT2D eigenvalue weighted by Gasteiger charge is 2.10. The number of hydrogen-bond acceptors (Lipinski definition) is 7. The van der Waals surface area contributed by atoms with E-state index in [2.05, 4.69) is 15.2 Å². The molecule has 128 valence electrons. The molecule has 0 saturated heterocycles. The lowest BCUT2D eigenvalue weighted by molar-refractivity contribution is -0.389. The van der Waals surface area contributed by atoms with E-state index >= 15 is 0 Å². The van der Waals surface area contributed by atoms with E-state index in [9.17, 15) is 10.1 Å². The molecule has 0 spiro atoms. The standard InChI is InChI=1S/C15H15N7O3/c1-11-9-21(15(16)18-11)17-8-12-3-2-4-13(7-12)25-10-20-6-5-14(19-20)22(23)24/h2-9H,10H2,1H3,(H2,16,18). The van der Waals surface area contributed by atoms with Crippen LogP contribution < -0.4 is 10.5 Å². The lowest BCUT2D eigenvalue weighted by atomic mass is 10.2. The fourth-order valence-electron chi connectivity index (χ4n) is 2.07. The molecule has 0 aliphatic carbocycles. The van der Waals surface area contributed by atoms with Gasteiger partial charge in [-0.25, -0.2) is 9.66 Å². The first-order valence-corrected chi connectivity index (χ1v) is 7.28. The smallest absolute Gasteiger partial charge is 0.390 e. The Hall–Kier alpha value is -3.69. The van der Waals surface area contributed by atoms with E-state index in [0.29, 0.717) is 11.7 Å². The predicted octanol–water partition coefficient (Wildman–Crippen LogP) is 1.80. The van der Waals surface area contributed by atoms with E-state index < -0.39 is 4.92 Å². The van der Waals surface area contributed by atoms with Crippen LogP contribution in [0.25, 0.3) is 0 Å². The number of imidazole rings is 1. The van der Waals surface area contributed by atoms with Gasteiger partial charge >= 0.3 is 5.82 Å². The third-order valence-corrected chi connectivity index (χ3v) is 3.20. The summed E-state index contributed by atoms with van der Waals surface area (Å²) in [5, 5.41) is 18.6. The van der Waals surface area contributed by atoms with E-state index in [0.717, 1.165) is 11.3 Å². The Labute approximate surface area is 142 Å². The molecule has 2 N–H and O–H groups in total. The minimum absolute atomic E-state index is 0.0576. The van der Waals surface area contributed by atoms with Crippen molar-refractivity contribution in [1.29, 1.82) is 0 Å². The Kier molecular flexibility index (Phi) is 4.42. The number of nitrogen functional groups attached to an aromatic ring is 1. The molecule has 3 rings (SSSR count). The van der Waals surface area contributed by atoms with Gasteiger partial charge in [0.15, 0.2) is 0 Å². The van der Waals surface area contributed by atoms with Crippen molar-refractivity contribution in [2.75, 3.05) is 5.73 Å². The first-order valence-electron chi connectivity index (χ1n) is 7.28. The highest BCUT2D eigenvalue weighted by molar-refractivity contribution is 5.80. The summed E-state index contributed by atoms with van der Waals surface area (Å²) in [7, 11) is 0. The zero-order valence-electron chi connectivity index (χ0n) is 13.3. The minimum Gasteiger partial charge on any atom is -0.469 e. The second kappa shape index (κ2) is 6.83. The molecule has 0 aliphatic rings. The lowest BCUT2D eigenvalue weighted by Crippen LogP contribution is -2.06. The van der Waals surface area contributed by atoms with Crippen molar-refractivity contribution in [3.8, 4) is 5.75 Å². The topological polar surface area (TPSA) is 126 Å². The maximum atomic E-state index is 10.6. The average Bonchev–Trinajstić information content (AvgIpc) is 3.18. The Morgan fingerprint density at radius 1 is 1.44 bits per heavy atom. The zero-order chi connectivity index (χ0) is 17.8. The van der Waals surface area contributed by atoms with Crippen LogP contribution in [0.1, 0.15) is 11.3 Å². The van der Waals surface area contributed by atoms with Gasteiger partial charge < -0.3 is 20.6 Å². The summed E-state index contributed by atoms with van der Waals surface area (Å²) in [5.41, 5.74) is 7.31. The number of rotatable bonds is 6. The summed E-state index contributed by atoms with van der Waals surface area (Å²) in [6.45, 7) is 1.89. The van der Waals surface area contributed by atoms with Crippen LogP contribution in [0.5, 0.6) is 5.75 Å². The summed E-state index contributed by atoms with van der Waals surface area (Å²) in [4.78, 5) is 14.1. The van der Waals surface area contributed by atoms with Crippen LogP contribution in [0.2, 0.25) is 0 Å². The molecule has 3 aromatic rings. The van der Waals surface area contributed by atoms with Gasteiger partial charge in [-0.05, 0) is 29.5 Å². The van der Waals surface area contributed by atoms with Gasteiger partial charge in [0.05, 0.1) is 35.5 Å². The molecule has 0 fully saturated rings. The summed E-state index contributed by atoms with van der Waals surface area (Å²) in [5.74, 6) is 0.663. The molecule has 0 unspecified atom stereocenters. The third kappa shape index (κ3) is 3.99. The van der Waals surface area contributed by atoms with Crippen molar-refractivity contribution in [2.45, 2.75) is 13.7 Å². The van der Waals surface area contributed by atoms with Crippen molar-refractivity contribution >= 4 is 18.0 Å². The number of aromatic nitrogens is 4. The molecule has 0 radical (unpaired) electrons. The maximum absolute atomic E-state index is 10.6. The normalized spacial score (nSPS) is 11.1. The molecule has 0 amide bonds. The summed E-state index contributed by atoms with van der Waals surface area (Å²) < 4.78 is 8.40. The van der Waals surface area contributed by atoms with Crippen molar-refractivity contribution in [3.05, 3.63) is 64.1 Å². The van der Waals surface area contributed by atoms with E-state index in [1.165, 1.54) is 21.6 Å². The molecule has 2 aromatic heterocycles. The molecule has 2 heterocycles. The van der Waals surface area contributed by atoms with Crippen molar-refractivity contribution in [2.24, 2.45) is 5.10 Å². The first kappa shape index (κ1) is 16.2. The average molecular weight is 341 g/mol. The van der Waals surface area contributed by atoms with Gasteiger partial charge in [-0.1, -0.05) is 12.1 Å². The van der Waals surface area contributed by atoms with Crippen LogP contribution in [0.4, 0.5) is 11.8 Å². The van der Waals surface area contributed by atoms with Gasteiger partial charge in [-0.15, -0.1) is 4.68 Å². The number of nitro groups is 1. The van der Waals surface area contributed by atoms with Gasteiger partial charge in [-0.3, -0.25) is 0 Å². The van der Waals surface area contributed by atoms with E-state index in [1.54, 1.807) is 24.5 Å². The number of anilines is 1. The van der Waals surface area contributed by atoms with Gasteiger partial charge in [-0.2, -0.15) is 5.10 Å². The summed E-state index contributed by atoms with van der Waals surface area (Å²) >= 11 is 0. The van der Waals surface area contributed by atoms with Crippen LogP contribution in [0.15, 0.2) is 47.8 Å². The molecule has 0 aliphatic heterocycles. The largest absolute Gasteiger partial charge is 0.469 e. The fourth-order valence-corrected chi connectivity index (χ4v) is 2.07. The van der Waals surface area contributed by atoms with Crippen molar-refractivity contribution in [3.63, 3.8) is 0 Å². The molecule has 1 aromatic carbocycles. The second-order valence-corrected chi connectivity index (χ2v) is 5.15. The zero-order valence-corrected chi connectivity index (χ0v) is 13.3. The molecule has 10 nitrogen and oxygen atoms in total. The van der Waals surface area contributed by atoms with Gasteiger partial charge in [0.25, 0.3) is 0 Å². The highest BCUT2D eigenvalue weighted by atomic mass is 16.6. The Morgan fingerprint density at radius 3 is 2.96 bits per heavy atom. The number of ether oxygens (including phenoxy) is 1. The second-order valence-electron chi connectivity index (χ2n) is 5.15. The van der Waals surface area contributed by atoms with Gasteiger partial charge in [0.1, 0.15) is 5.75 Å². The molecule has 10 heteroatoms. The number of hydrogen-bond donors (Lipinski definition) is 1. The molecule has 0 bridgehead atoms. The Bertz CT molecular complexity index is 929. The minimum atomic E-state index is -0.558. The maximum Gasteiger partial charge on any atom is 0.390 e. The third-order valence-electron chi connectivity index (χ3n) is 3.20. The van der Waals surface area contributed by atoms with Gasteiger partial charge in [0.2, 0.25) is 12.7 Å². The monoisotopic (exact) mass is 341 g/mol. The Morgan fingerprint density at radius 2 is 2.28 bits per heavy atom. The van der Waals surface area contributed by atoms with Crippen LogP contribution >= 0.6 is 0 Å². The summed E-state index contributed by atoms with van der Waals surface area (Å²) in [6, 6.07) is 8.52. The molecule has 25 heavy (non-hydrogen) atoms.